The van der Waals surface area contributed by atoms with Crippen LogP contribution in [0.4, 0.5) is 0 Å². The smallest absolute Gasteiger partial charge is 0.145 e. The van der Waals surface area contributed by atoms with Crippen molar-refractivity contribution in [2.75, 3.05) is 0 Å². The van der Waals surface area contributed by atoms with E-state index in [9.17, 15) is 0 Å². The van der Waals surface area contributed by atoms with Crippen LogP contribution in [0.25, 0.3) is 50.4 Å². The fourth-order valence-corrected chi connectivity index (χ4v) is 4.38. The molecule has 0 amide bonds. The minimum absolute atomic E-state index is 0.949. The highest BCUT2D eigenvalue weighted by atomic mass is 15.1. The first-order valence-electron chi connectivity index (χ1n) is 11.2. The van der Waals surface area contributed by atoms with Gasteiger partial charge in [0.15, 0.2) is 0 Å². The van der Waals surface area contributed by atoms with Crippen molar-refractivity contribution >= 4 is 11.0 Å². The zero-order chi connectivity index (χ0) is 22.0. The lowest BCUT2D eigenvalue weighted by Crippen LogP contribution is -1.97. The second-order valence-electron chi connectivity index (χ2n) is 8.12. The van der Waals surface area contributed by atoms with Gasteiger partial charge in [-0.15, -0.1) is 0 Å². The first kappa shape index (κ1) is 19.3. The first-order valence-corrected chi connectivity index (χ1v) is 11.2. The van der Waals surface area contributed by atoms with E-state index in [4.69, 9.17) is 4.98 Å². The number of hydrogen-bond donors (Lipinski definition) is 0. The van der Waals surface area contributed by atoms with Crippen LogP contribution in [0.2, 0.25) is 0 Å². The Labute approximate surface area is 193 Å². The second-order valence-corrected chi connectivity index (χ2v) is 8.12. The molecule has 0 bridgehead atoms. The maximum atomic E-state index is 5.01. The number of nitrogens with zero attached hydrogens (tertiary/aromatic N) is 2. The van der Waals surface area contributed by atoms with Gasteiger partial charge in [0, 0.05) is 11.3 Å². The third-order valence-corrected chi connectivity index (χ3v) is 6.02. The lowest BCUT2D eigenvalue weighted by atomic mass is 9.99. The lowest BCUT2D eigenvalue weighted by Gasteiger charge is -2.11. The molecule has 0 aliphatic carbocycles. The zero-order valence-electron chi connectivity index (χ0n) is 18.1. The van der Waals surface area contributed by atoms with Crippen LogP contribution in [0, 0.1) is 0 Å². The van der Waals surface area contributed by atoms with Crippen molar-refractivity contribution in [3.63, 3.8) is 0 Å². The van der Waals surface area contributed by atoms with E-state index in [1.165, 1.54) is 22.3 Å². The van der Waals surface area contributed by atoms with E-state index in [2.05, 4.69) is 120 Å². The molecule has 0 radical (unpaired) electrons. The fraction of sp³-hybridized carbons (Fsp3) is 0. The first-order chi connectivity index (χ1) is 16.4. The molecule has 0 aliphatic rings. The summed E-state index contributed by atoms with van der Waals surface area (Å²) in [5.74, 6) is 0.949. The molecule has 2 heteroatoms. The Morgan fingerprint density at radius 2 is 0.970 bits per heavy atom. The normalized spacial score (nSPS) is 11.0. The van der Waals surface area contributed by atoms with Gasteiger partial charge in [-0.1, -0.05) is 103 Å². The van der Waals surface area contributed by atoms with Crippen molar-refractivity contribution in [3.05, 3.63) is 133 Å². The van der Waals surface area contributed by atoms with Gasteiger partial charge in [0.05, 0.1) is 11.0 Å². The van der Waals surface area contributed by atoms with Gasteiger partial charge in [-0.2, -0.15) is 0 Å². The van der Waals surface area contributed by atoms with Crippen molar-refractivity contribution in [1.82, 2.24) is 9.55 Å². The molecule has 0 spiro atoms. The molecule has 0 aliphatic heterocycles. The summed E-state index contributed by atoms with van der Waals surface area (Å²) in [5.41, 5.74) is 9.14. The highest BCUT2D eigenvalue weighted by molar-refractivity contribution is 5.84. The molecular formula is C31H22N2. The lowest BCUT2D eigenvalue weighted by molar-refractivity contribution is 1.10. The van der Waals surface area contributed by atoms with Gasteiger partial charge < -0.3 is 0 Å². The maximum Gasteiger partial charge on any atom is 0.145 e. The Kier molecular flexibility index (Phi) is 4.82. The van der Waals surface area contributed by atoms with Crippen LogP contribution in [0.3, 0.4) is 0 Å². The third-order valence-electron chi connectivity index (χ3n) is 6.02. The Bertz CT molecular complexity index is 1530. The average Bonchev–Trinajstić information content (AvgIpc) is 3.30. The van der Waals surface area contributed by atoms with Gasteiger partial charge in [-0.3, -0.25) is 4.57 Å². The van der Waals surface area contributed by atoms with E-state index in [0.29, 0.717) is 0 Å². The van der Waals surface area contributed by atoms with Crippen LogP contribution < -0.4 is 0 Å². The monoisotopic (exact) mass is 422 g/mol. The Morgan fingerprint density at radius 3 is 1.73 bits per heavy atom. The number of hydrogen-bond acceptors (Lipinski definition) is 1. The second kappa shape index (κ2) is 8.25. The van der Waals surface area contributed by atoms with Gasteiger partial charge >= 0.3 is 0 Å². The molecule has 0 atom stereocenters. The molecule has 2 nitrogen and oxygen atoms in total. The SMILES string of the molecule is c1ccc(-c2ccc(-c3cccc(-c4nc5ccccc5n4-c4ccccc4)c3)cc2)cc1. The van der Waals surface area contributed by atoms with Gasteiger partial charge in [0.1, 0.15) is 5.82 Å². The molecule has 0 saturated heterocycles. The van der Waals surface area contributed by atoms with Crippen LogP contribution in [-0.4, -0.2) is 9.55 Å². The van der Waals surface area contributed by atoms with E-state index in [1.807, 2.05) is 18.2 Å². The van der Waals surface area contributed by atoms with Gasteiger partial charge in [-0.05, 0) is 52.6 Å². The summed E-state index contributed by atoms with van der Waals surface area (Å²) in [4.78, 5) is 5.01. The summed E-state index contributed by atoms with van der Waals surface area (Å²) in [6.45, 7) is 0. The van der Waals surface area contributed by atoms with E-state index >= 15 is 0 Å². The van der Waals surface area contributed by atoms with Crippen LogP contribution in [0.1, 0.15) is 0 Å². The minimum atomic E-state index is 0.949. The van der Waals surface area contributed by atoms with Crippen molar-refractivity contribution < 1.29 is 0 Å². The highest BCUT2D eigenvalue weighted by Crippen LogP contribution is 2.32. The molecule has 156 valence electrons. The molecule has 1 heterocycles. The van der Waals surface area contributed by atoms with Crippen molar-refractivity contribution in [2.45, 2.75) is 0 Å². The summed E-state index contributed by atoms with van der Waals surface area (Å²) in [5, 5.41) is 0. The Hall–Kier alpha value is -4.43. The third kappa shape index (κ3) is 3.62. The van der Waals surface area contributed by atoms with Crippen LogP contribution >= 0.6 is 0 Å². The molecule has 0 fully saturated rings. The number of rotatable bonds is 4. The van der Waals surface area contributed by atoms with E-state index in [1.54, 1.807) is 0 Å². The van der Waals surface area contributed by atoms with Gasteiger partial charge in [-0.25, -0.2) is 4.98 Å². The number of imidazole rings is 1. The van der Waals surface area contributed by atoms with Crippen molar-refractivity contribution in [3.8, 4) is 39.3 Å². The molecule has 6 aromatic rings. The summed E-state index contributed by atoms with van der Waals surface area (Å²) in [6.07, 6.45) is 0. The van der Waals surface area contributed by atoms with Gasteiger partial charge in [0.2, 0.25) is 0 Å². The molecule has 1 aromatic heterocycles. The number of fused-ring (bicyclic) bond motifs is 1. The number of benzene rings is 5. The Morgan fingerprint density at radius 1 is 0.424 bits per heavy atom. The van der Waals surface area contributed by atoms with Gasteiger partial charge in [0.25, 0.3) is 0 Å². The molecule has 6 rings (SSSR count). The molecule has 0 saturated carbocycles. The summed E-state index contributed by atoms with van der Waals surface area (Å²) in [7, 11) is 0. The van der Waals surface area contributed by atoms with Crippen molar-refractivity contribution in [1.29, 1.82) is 0 Å². The molecule has 33 heavy (non-hydrogen) atoms. The number of aromatic nitrogens is 2. The van der Waals surface area contributed by atoms with Crippen LogP contribution in [0.15, 0.2) is 133 Å². The predicted molar refractivity (Wildman–Crippen MR) is 137 cm³/mol. The highest BCUT2D eigenvalue weighted by Gasteiger charge is 2.14. The van der Waals surface area contributed by atoms with E-state index < -0.39 is 0 Å². The molecule has 0 unspecified atom stereocenters. The summed E-state index contributed by atoms with van der Waals surface area (Å²) < 4.78 is 2.24. The quantitative estimate of drug-likeness (QED) is 0.281. The standard InChI is InChI=1S/C31H22N2/c1-3-10-23(11-4-1)24-18-20-25(21-19-24)26-12-9-13-27(22-26)31-32-29-16-7-8-17-30(29)33(31)28-14-5-2-6-15-28/h1-22H. The van der Waals surface area contributed by atoms with Crippen molar-refractivity contribution in [2.24, 2.45) is 0 Å². The van der Waals surface area contributed by atoms with Crippen LogP contribution in [0.5, 0.6) is 0 Å². The predicted octanol–water partition coefficient (Wildman–Crippen LogP) is 8.03. The molecule has 5 aromatic carbocycles. The van der Waals surface area contributed by atoms with E-state index in [0.717, 1.165) is 28.1 Å². The number of para-hydroxylation sites is 3. The Balaban J connectivity index is 1.44. The largest absolute Gasteiger partial charge is 0.292 e. The summed E-state index contributed by atoms with van der Waals surface area (Å²) >= 11 is 0. The van der Waals surface area contributed by atoms with Crippen LogP contribution in [-0.2, 0) is 0 Å². The topological polar surface area (TPSA) is 17.8 Å². The average molecular weight is 423 g/mol. The van der Waals surface area contributed by atoms with E-state index in [-0.39, 0.29) is 0 Å². The molecular weight excluding hydrogens is 400 g/mol. The fourth-order valence-electron chi connectivity index (χ4n) is 4.38. The minimum Gasteiger partial charge on any atom is -0.292 e. The zero-order valence-corrected chi connectivity index (χ0v) is 18.1. The maximum absolute atomic E-state index is 5.01. The summed E-state index contributed by atoms with van der Waals surface area (Å²) in [6, 6.07) is 46.7. The molecule has 0 N–H and O–H groups in total.